The molecule has 0 saturated carbocycles. The molecule has 0 radical (unpaired) electrons. The largest absolute Gasteiger partial charge is 0.337 e. The van der Waals surface area contributed by atoms with Gasteiger partial charge in [0, 0.05) is 30.0 Å². The van der Waals surface area contributed by atoms with Crippen LogP contribution in [0, 0.1) is 0 Å². The first kappa shape index (κ1) is 25.7. The highest BCUT2D eigenvalue weighted by atomic mass is 31.1. The predicted octanol–water partition coefficient (Wildman–Crippen LogP) is 6.15. The summed E-state index contributed by atoms with van der Waals surface area (Å²) in [4.78, 5) is 16.0. The van der Waals surface area contributed by atoms with Crippen LogP contribution in [0.2, 0.25) is 0 Å². The Morgan fingerprint density at radius 2 is 0.744 bits per heavy atom. The van der Waals surface area contributed by atoms with Crippen molar-refractivity contribution >= 4 is 43.0 Å². The van der Waals surface area contributed by atoms with E-state index in [9.17, 15) is 4.79 Å². The number of hydrogen-bond acceptors (Lipinski definition) is 1. The van der Waals surface area contributed by atoms with Gasteiger partial charge in [-0.2, -0.15) is 0 Å². The zero-order valence-corrected chi connectivity index (χ0v) is 23.5. The van der Waals surface area contributed by atoms with Gasteiger partial charge in [-0.1, -0.05) is 140 Å². The summed E-state index contributed by atoms with van der Waals surface area (Å²) < 4.78 is 0. The van der Waals surface area contributed by atoms with Crippen molar-refractivity contribution in [3.05, 3.63) is 157 Å². The minimum absolute atomic E-state index is 0.134. The van der Waals surface area contributed by atoms with Crippen molar-refractivity contribution in [2.45, 2.75) is 11.3 Å². The molecule has 6 rings (SSSR count). The average Bonchev–Trinajstić information content (AvgIpc) is 3.44. The van der Waals surface area contributed by atoms with Crippen molar-refractivity contribution < 1.29 is 4.79 Å². The molecular weight excluding hydrogens is 512 g/mol. The molecule has 0 aliphatic carbocycles. The van der Waals surface area contributed by atoms with Gasteiger partial charge in [-0.25, -0.2) is 0 Å². The van der Waals surface area contributed by atoms with E-state index >= 15 is 0 Å². The second kappa shape index (κ2) is 12.1. The molecule has 2 atom stereocenters. The Kier molecular flexibility index (Phi) is 7.96. The standard InChI is InChI=1S/C35H31NOP2/c37-35(28-16-6-1-7-17-28)36-26-33(38(29-18-8-2-9-19-29)30-20-10-3-11-21-30)34(27-36)39(31-22-12-4-13-23-31)32-24-14-5-15-25-32/h1-25,33-34H,26-27H2. The molecule has 1 heterocycles. The molecule has 5 aromatic carbocycles. The molecule has 1 amide bonds. The Bertz CT molecular complexity index is 1310. The average molecular weight is 544 g/mol. The molecular formula is C35H31NOP2. The van der Waals surface area contributed by atoms with Crippen molar-refractivity contribution in [2.24, 2.45) is 0 Å². The molecule has 0 bridgehead atoms. The first-order valence-corrected chi connectivity index (χ1v) is 16.2. The zero-order valence-electron chi connectivity index (χ0n) is 21.8. The molecule has 1 saturated heterocycles. The fourth-order valence-electron chi connectivity index (χ4n) is 5.62. The van der Waals surface area contributed by atoms with Crippen LogP contribution in [-0.2, 0) is 0 Å². The molecule has 192 valence electrons. The minimum Gasteiger partial charge on any atom is -0.337 e. The van der Waals surface area contributed by atoms with E-state index in [0.29, 0.717) is 11.3 Å². The number of carbonyl (C=O) groups is 1. The summed E-state index contributed by atoms with van der Waals surface area (Å²) in [6.45, 7) is 1.51. The number of hydrogen-bond donors (Lipinski definition) is 0. The Morgan fingerprint density at radius 1 is 0.462 bits per heavy atom. The van der Waals surface area contributed by atoms with Gasteiger partial charge >= 0.3 is 0 Å². The smallest absolute Gasteiger partial charge is 0.253 e. The Morgan fingerprint density at radius 3 is 1.05 bits per heavy atom. The van der Waals surface area contributed by atoms with Crippen molar-refractivity contribution in [2.75, 3.05) is 13.1 Å². The Balaban J connectivity index is 1.50. The summed E-state index contributed by atoms with van der Waals surface area (Å²) in [5.41, 5.74) is 1.41. The van der Waals surface area contributed by atoms with E-state index in [4.69, 9.17) is 0 Å². The molecule has 0 N–H and O–H groups in total. The van der Waals surface area contributed by atoms with Gasteiger partial charge in [0.15, 0.2) is 0 Å². The minimum atomic E-state index is -0.702. The lowest BCUT2D eigenvalue weighted by Gasteiger charge is -2.34. The maximum atomic E-state index is 13.9. The van der Waals surface area contributed by atoms with Gasteiger partial charge in [0.2, 0.25) is 0 Å². The summed E-state index contributed by atoms with van der Waals surface area (Å²) in [5.74, 6) is 0.134. The summed E-state index contributed by atoms with van der Waals surface area (Å²) in [7, 11) is -1.40. The summed E-state index contributed by atoms with van der Waals surface area (Å²) in [6.07, 6.45) is 0. The number of carbonyl (C=O) groups excluding carboxylic acids is 1. The van der Waals surface area contributed by atoms with Crippen LogP contribution in [0.4, 0.5) is 0 Å². The van der Waals surface area contributed by atoms with E-state index in [-0.39, 0.29) is 5.91 Å². The number of rotatable bonds is 7. The van der Waals surface area contributed by atoms with E-state index < -0.39 is 15.8 Å². The maximum Gasteiger partial charge on any atom is 0.253 e. The van der Waals surface area contributed by atoms with Gasteiger partial charge in [0.05, 0.1) is 0 Å². The third kappa shape index (κ3) is 5.60. The fourth-order valence-corrected chi connectivity index (χ4v) is 12.1. The number of benzene rings is 5. The van der Waals surface area contributed by atoms with Gasteiger partial charge in [0.1, 0.15) is 0 Å². The van der Waals surface area contributed by atoms with Crippen molar-refractivity contribution in [1.29, 1.82) is 0 Å². The Hall–Kier alpha value is -3.57. The molecule has 0 spiro atoms. The van der Waals surface area contributed by atoms with Crippen LogP contribution in [0.5, 0.6) is 0 Å². The van der Waals surface area contributed by atoms with Crippen molar-refractivity contribution in [3.8, 4) is 0 Å². The summed E-state index contributed by atoms with van der Waals surface area (Å²) >= 11 is 0. The SMILES string of the molecule is O=C(c1ccccc1)N1CC(P(c2ccccc2)c2ccccc2)C(P(c2ccccc2)c2ccccc2)C1. The van der Waals surface area contributed by atoms with E-state index in [1.807, 2.05) is 30.3 Å². The Labute approximate surface area is 233 Å². The highest BCUT2D eigenvalue weighted by Crippen LogP contribution is 2.54. The van der Waals surface area contributed by atoms with E-state index in [2.05, 4.69) is 126 Å². The monoisotopic (exact) mass is 543 g/mol. The molecule has 4 heteroatoms. The second-order valence-electron chi connectivity index (χ2n) is 9.79. The van der Waals surface area contributed by atoms with Gasteiger partial charge in [0.25, 0.3) is 5.91 Å². The van der Waals surface area contributed by atoms with E-state index in [0.717, 1.165) is 18.7 Å². The van der Waals surface area contributed by atoms with Crippen LogP contribution in [0.25, 0.3) is 0 Å². The zero-order chi connectivity index (χ0) is 26.4. The van der Waals surface area contributed by atoms with Crippen LogP contribution < -0.4 is 21.2 Å². The van der Waals surface area contributed by atoms with Gasteiger partial charge in [-0.15, -0.1) is 0 Å². The van der Waals surface area contributed by atoms with Gasteiger partial charge in [-0.3, -0.25) is 4.79 Å². The lowest BCUT2D eigenvalue weighted by molar-refractivity contribution is 0.0793. The highest BCUT2D eigenvalue weighted by Gasteiger charge is 2.45. The first-order valence-electron chi connectivity index (χ1n) is 13.4. The lowest BCUT2D eigenvalue weighted by atomic mass is 10.2. The normalized spacial score (nSPS) is 17.0. The van der Waals surface area contributed by atoms with Crippen LogP contribution in [0.1, 0.15) is 10.4 Å². The summed E-state index contributed by atoms with van der Waals surface area (Å²) in [6, 6.07) is 53.7. The molecule has 1 aliphatic rings. The van der Waals surface area contributed by atoms with Crippen LogP contribution in [0.3, 0.4) is 0 Å². The quantitative estimate of drug-likeness (QED) is 0.226. The molecule has 2 unspecified atom stereocenters. The van der Waals surface area contributed by atoms with Crippen molar-refractivity contribution in [1.82, 2.24) is 4.90 Å². The van der Waals surface area contributed by atoms with Gasteiger partial charge < -0.3 is 4.90 Å². The predicted molar refractivity (Wildman–Crippen MR) is 168 cm³/mol. The highest BCUT2D eigenvalue weighted by molar-refractivity contribution is 7.77. The number of amides is 1. The van der Waals surface area contributed by atoms with Crippen LogP contribution in [-0.4, -0.2) is 35.2 Å². The van der Waals surface area contributed by atoms with Crippen LogP contribution in [0.15, 0.2) is 152 Å². The van der Waals surface area contributed by atoms with E-state index in [1.165, 1.54) is 21.2 Å². The third-order valence-corrected chi connectivity index (χ3v) is 13.4. The molecule has 1 aliphatic heterocycles. The van der Waals surface area contributed by atoms with E-state index in [1.54, 1.807) is 0 Å². The summed E-state index contributed by atoms with van der Waals surface area (Å²) in [5, 5.41) is 5.50. The first-order chi connectivity index (χ1) is 19.3. The molecule has 5 aromatic rings. The van der Waals surface area contributed by atoms with Crippen molar-refractivity contribution in [3.63, 3.8) is 0 Å². The molecule has 0 aromatic heterocycles. The number of nitrogens with zero attached hydrogens (tertiary/aromatic N) is 1. The topological polar surface area (TPSA) is 20.3 Å². The fraction of sp³-hybridized carbons (Fsp3) is 0.114. The molecule has 2 nitrogen and oxygen atoms in total. The lowest BCUT2D eigenvalue weighted by Crippen LogP contribution is -2.34. The molecule has 39 heavy (non-hydrogen) atoms. The second-order valence-corrected chi connectivity index (χ2v) is 14.7. The van der Waals surface area contributed by atoms with Crippen LogP contribution >= 0.6 is 15.8 Å². The number of likely N-dealkylation sites (tertiary alicyclic amines) is 1. The molecule has 1 fully saturated rings. The third-order valence-electron chi connectivity index (χ3n) is 7.37. The van der Waals surface area contributed by atoms with Gasteiger partial charge in [-0.05, 0) is 49.2 Å². The maximum absolute atomic E-state index is 13.9.